The van der Waals surface area contributed by atoms with Crippen molar-refractivity contribution in [1.82, 2.24) is 0 Å². The molecule has 0 aliphatic heterocycles. The largest absolute Gasteiger partial charge is 0.490 e. The molecule has 0 fully saturated rings. The zero-order valence-corrected chi connectivity index (χ0v) is 9.83. The van der Waals surface area contributed by atoms with Gasteiger partial charge in [0, 0.05) is 12.5 Å². The van der Waals surface area contributed by atoms with Gasteiger partial charge in [-0.25, -0.2) is 0 Å². The summed E-state index contributed by atoms with van der Waals surface area (Å²) in [5.41, 5.74) is -0.869. The molecule has 1 aromatic carbocycles. The fraction of sp³-hybridized carbons (Fsp3) is 0.333. The Morgan fingerprint density at radius 2 is 1.94 bits per heavy atom. The summed E-state index contributed by atoms with van der Waals surface area (Å²) in [5, 5.41) is 0. The van der Waals surface area contributed by atoms with Gasteiger partial charge in [-0.1, -0.05) is 6.08 Å². The van der Waals surface area contributed by atoms with Crippen LogP contribution in [0.25, 0.3) is 0 Å². The molecule has 0 heterocycles. The molecular weight excluding hydrogens is 247 g/mol. The molecular formula is C12H14F3NO2. The quantitative estimate of drug-likeness (QED) is 0.653. The van der Waals surface area contributed by atoms with Crippen molar-refractivity contribution in [3.8, 4) is 11.5 Å². The highest BCUT2D eigenvalue weighted by atomic mass is 19.4. The minimum Gasteiger partial charge on any atom is -0.490 e. The second kappa shape index (κ2) is 5.77. The highest BCUT2D eigenvalue weighted by Crippen LogP contribution is 2.35. The minimum absolute atomic E-state index is 0.0552. The van der Waals surface area contributed by atoms with Gasteiger partial charge in [-0.05, 0) is 19.1 Å². The molecule has 18 heavy (non-hydrogen) atoms. The molecule has 0 aromatic heterocycles. The molecule has 0 spiro atoms. The lowest BCUT2D eigenvalue weighted by Gasteiger charge is -2.15. The topological polar surface area (TPSA) is 44.5 Å². The van der Waals surface area contributed by atoms with Crippen LogP contribution in [0.5, 0.6) is 11.5 Å². The summed E-state index contributed by atoms with van der Waals surface area (Å²) in [6.45, 7) is 5.26. The van der Waals surface area contributed by atoms with Crippen molar-refractivity contribution < 1.29 is 22.7 Å². The Hall–Kier alpha value is -1.69. The zero-order valence-electron chi connectivity index (χ0n) is 9.83. The summed E-state index contributed by atoms with van der Waals surface area (Å²) in [4.78, 5) is 4.33. The normalized spacial score (nSPS) is 12.9. The van der Waals surface area contributed by atoms with Crippen molar-refractivity contribution >= 4 is 0 Å². The van der Waals surface area contributed by atoms with Gasteiger partial charge in [0.2, 0.25) is 0 Å². The van der Waals surface area contributed by atoms with E-state index in [1.54, 1.807) is 13.0 Å². The first-order valence-electron chi connectivity index (χ1n) is 5.23. The van der Waals surface area contributed by atoms with Gasteiger partial charge in [-0.15, -0.1) is 6.58 Å². The van der Waals surface area contributed by atoms with E-state index in [1.165, 1.54) is 6.07 Å². The van der Waals surface area contributed by atoms with Gasteiger partial charge in [0.05, 0.1) is 11.7 Å². The Bertz CT molecular complexity index is 418. The van der Waals surface area contributed by atoms with Crippen LogP contribution in [-0.4, -0.2) is 6.10 Å². The summed E-state index contributed by atoms with van der Waals surface area (Å²) >= 11 is 0. The third kappa shape index (κ3) is 3.96. The first-order chi connectivity index (χ1) is 8.36. The average molecular weight is 261 g/mol. The molecule has 6 heteroatoms. The molecule has 1 rings (SSSR count). The molecule has 0 saturated carbocycles. The Morgan fingerprint density at radius 3 is 2.44 bits per heavy atom. The third-order valence-corrected chi connectivity index (χ3v) is 2.18. The molecule has 2 N–H and O–H groups in total. The molecule has 100 valence electrons. The third-order valence-electron chi connectivity index (χ3n) is 2.18. The lowest BCUT2D eigenvalue weighted by molar-refractivity contribution is -0.137. The van der Waals surface area contributed by atoms with E-state index in [0.717, 1.165) is 12.1 Å². The summed E-state index contributed by atoms with van der Waals surface area (Å²) in [6.07, 6.45) is -2.61. The van der Waals surface area contributed by atoms with Crippen molar-refractivity contribution in [3.05, 3.63) is 36.4 Å². The predicted molar refractivity (Wildman–Crippen MR) is 61.2 cm³/mol. The highest BCUT2D eigenvalue weighted by Gasteiger charge is 2.31. The molecule has 0 saturated heterocycles. The number of rotatable bonds is 5. The second-order valence-corrected chi connectivity index (χ2v) is 3.76. The number of alkyl halides is 3. The van der Waals surface area contributed by atoms with Crippen molar-refractivity contribution in [2.75, 3.05) is 0 Å². The molecule has 1 atom stereocenters. The van der Waals surface area contributed by atoms with E-state index in [9.17, 15) is 13.2 Å². The van der Waals surface area contributed by atoms with Crippen LogP contribution in [0.2, 0.25) is 0 Å². The molecule has 1 aromatic rings. The van der Waals surface area contributed by atoms with Crippen LogP contribution < -0.4 is 15.5 Å². The van der Waals surface area contributed by atoms with Crippen molar-refractivity contribution in [3.63, 3.8) is 0 Å². The van der Waals surface area contributed by atoms with Gasteiger partial charge in [0.15, 0.2) is 5.75 Å². The van der Waals surface area contributed by atoms with E-state index in [4.69, 9.17) is 10.6 Å². The van der Waals surface area contributed by atoms with Crippen molar-refractivity contribution in [2.45, 2.75) is 25.6 Å². The van der Waals surface area contributed by atoms with Gasteiger partial charge in [0.1, 0.15) is 5.75 Å². The fourth-order valence-electron chi connectivity index (χ4n) is 1.39. The van der Waals surface area contributed by atoms with Crippen LogP contribution in [0, 0.1) is 0 Å². The first kappa shape index (κ1) is 14.4. The lowest BCUT2D eigenvalue weighted by Crippen LogP contribution is -2.13. The van der Waals surface area contributed by atoms with E-state index in [2.05, 4.69) is 11.4 Å². The number of nitrogens with two attached hydrogens (primary N) is 1. The second-order valence-electron chi connectivity index (χ2n) is 3.76. The van der Waals surface area contributed by atoms with Gasteiger partial charge in [0.25, 0.3) is 0 Å². The smallest absolute Gasteiger partial charge is 0.416 e. The Kier molecular flexibility index (Phi) is 4.61. The summed E-state index contributed by atoms with van der Waals surface area (Å²) in [5.74, 6) is 4.83. The molecule has 3 nitrogen and oxygen atoms in total. The molecule has 0 aliphatic carbocycles. The van der Waals surface area contributed by atoms with Crippen LogP contribution in [-0.2, 0) is 6.18 Å². The molecule has 0 bridgehead atoms. The fourth-order valence-corrected chi connectivity index (χ4v) is 1.39. The Balaban J connectivity index is 3.01. The van der Waals surface area contributed by atoms with Crippen LogP contribution >= 0.6 is 0 Å². The van der Waals surface area contributed by atoms with Gasteiger partial charge in [-0.3, -0.25) is 0 Å². The predicted octanol–water partition coefficient (Wildman–Crippen LogP) is 3.30. The SMILES string of the molecule is C=CCC(C)Oc1cc(ON)cc(C(F)(F)F)c1. The maximum Gasteiger partial charge on any atom is 0.416 e. The highest BCUT2D eigenvalue weighted by molar-refractivity contribution is 5.39. The minimum atomic E-state index is -4.48. The van der Waals surface area contributed by atoms with E-state index in [0.29, 0.717) is 6.42 Å². The van der Waals surface area contributed by atoms with E-state index >= 15 is 0 Å². The van der Waals surface area contributed by atoms with Crippen LogP contribution in [0.15, 0.2) is 30.9 Å². The van der Waals surface area contributed by atoms with Crippen LogP contribution in [0.1, 0.15) is 18.9 Å². The zero-order chi connectivity index (χ0) is 13.8. The van der Waals surface area contributed by atoms with Crippen molar-refractivity contribution in [1.29, 1.82) is 0 Å². The van der Waals surface area contributed by atoms with E-state index < -0.39 is 11.7 Å². The maximum atomic E-state index is 12.6. The monoisotopic (exact) mass is 261 g/mol. The number of hydrogen-bond donors (Lipinski definition) is 1. The molecule has 0 radical (unpaired) electrons. The average Bonchev–Trinajstić information content (AvgIpc) is 2.27. The Labute approximate surface area is 103 Å². The number of ether oxygens (including phenoxy) is 1. The van der Waals surface area contributed by atoms with Gasteiger partial charge < -0.3 is 9.57 Å². The van der Waals surface area contributed by atoms with E-state index in [1.807, 2.05) is 0 Å². The standard InChI is InChI=1S/C12H14F3NO2/c1-3-4-8(2)17-10-5-9(12(13,14)15)6-11(7-10)18-16/h3,5-8H,1,4,16H2,2H3. The number of hydrogen-bond acceptors (Lipinski definition) is 3. The summed E-state index contributed by atoms with van der Waals surface area (Å²) < 4.78 is 43.1. The number of benzene rings is 1. The summed E-state index contributed by atoms with van der Waals surface area (Å²) in [7, 11) is 0. The van der Waals surface area contributed by atoms with Gasteiger partial charge in [-0.2, -0.15) is 19.1 Å². The van der Waals surface area contributed by atoms with Crippen LogP contribution in [0.4, 0.5) is 13.2 Å². The molecule has 0 amide bonds. The Morgan fingerprint density at radius 1 is 1.33 bits per heavy atom. The molecule has 1 unspecified atom stereocenters. The van der Waals surface area contributed by atoms with Crippen LogP contribution in [0.3, 0.4) is 0 Å². The van der Waals surface area contributed by atoms with E-state index in [-0.39, 0.29) is 17.6 Å². The first-order valence-corrected chi connectivity index (χ1v) is 5.23. The maximum absolute atomic E-state index is 12.6. The molecule has 0 aliphatic rings. The van der Waals surface area contributed by atoms with Crippen molar-refractivity contribution in [2.24, 2.45) is 5.90 Å². The lowest BCUT2D eigenvalue weighted by atomic mass is 10.2. The summed E-state index contributed by atoms with van der Waals surface area (Å²) in [6, 6.07) is 3.02. The number of halogens is 3. The van der Waals surface area contributed by atoms with Gasteiger partial charge >= 0.3 is 6.18 Å².